The summed E-state index contributed by atoms with van der Waals surface area (Å²) in [7, 11) is 0. The van der Waals surface area contributed by atoms with Crippen LogP contribution in [0.3, 0.4) is 0 Å². The maximum absolute atomic E-state index is 12.0. The maximum Gasteiger partial charge on any atom is 0.230 e. The van der Waals surface area contributed by atoms with Gasteiger partial charge in [0.15, 0.2) is 5.76 Å². The molecule has 3 aromatic carbocycles. The van der Waals surface area contributed by atoms with Gasteiger partial charge in [-0.1, -0.05) is 71.9 Å². The normalized spacial score (nSPS) is 10.9. The molecular formula is C23H20N2O2S. The van der Waals surface area contributed by atoms with E-state index in [-0.39, 0.29) is 5.91 Å². The fraction of sp³-hybridized carbons (Fsp3) is 0.130. The summed E-state index contributed by atoms with van der Waals surface area (Å²) in [6.07, 6.45) is 0. The number of benzene rings is 3. The molecule has 1 heterocycles. The molecular weight excluding hydrogens is 368 g/mol. The predicted octanol–water partition coefficient (Wildman–Crippen LogP) is 5.04. The fourth-order valence-corrected chi connectivity index (χ4v) is 3.77. The van der Waals surface area contributed by atoms with Crippen LogP contribution in [-0.2, 0) is 17.1 Å². The number of nitrogens with one attached hydrogen (secondary N) is 1. The smallest absolute Gasteiger partial charge is 0.230 e. The number of thioether (sulfide) groups is 1. The molecule has 0 bridgehead atoms. The molecule has 0 aliphatic rings. The lowest BCUT2D eigenvalue weighted by molar-refractivity contribution is -0.118. The van der Waals surface area contributed by atoms with Gasteiger partial charge in [-0.15, -0.1) is 11.8 Å². The van der Waals surface area contributed by atoms with E-state index in [1.54, 1.807) is 11.8 Å². The lowest BCUT2D eigenvalue weighted by atomic mass is 10.1. The molecule has 1 amide bonds. The van der Waals surface area contributed by atoms with Gasteiger partial charge in [-0.05, 0) is 22.4 Å². The van der Waals surface area contributed by atoms with E-state index in [4.69, 9.17) is 4.52 Å². The standard InChI is InChI=1S/C23H20N2O2S/c26-23(16-28-15-17-6-2-1-3-7-17)24-14-21-13-22(27-25-21)20-11-10-18-8-4-5-9-19(18)12-20/h1-13H,14-16H2,(H,24,26). The summed E-state index contributed by atoms with van der Waals surface area (Å²) in [6.45, 7) is 0.363. The highest BCUT2D eigenvalue weighted by Gasteiger charge is 2.09. The highest BCUT2D eigenvalue weighted by Crippen LogP contribution is 2.25. The van der Waals surface area contributed by atoms with E-state index >= 15 is 0 Å². The van der Waals surface area contributed by atoms with Crippen LogP contribution in [-0.4, -0.2) is 16.8 Å². The van der Waals surface area contributed by atoms with E-state index < -0.39 is 0 Å². The molecule has 4 aromatic rings. The zero-order chi connectivity index (χ0) is 19.2. The molecule has 0 unspecified atom stereocenters. The summed E-state index contributed by atoms with van der Waals surface area (Å²) in [5, 5.41) is 9.31. The molecule has 0 radical (unpaired) electrons. The Bertz CT molecular complexity index is 1080. The van der Waals surface area contributed by atoms with E-state index in [2.05, 4.69) is 46.9 Å². The molecule has 0 atom stereocenters. The van der Waals surface area contributed by atoms with Crippen LogP contribution in [0.1, 0.15) is 11.3 Å². The molecule has 0 fully saturated rings. The summed E-state index contributed by atoms with van der Waals surface area (Å²) in [6, 6.07) is 26.4. The van der Waals surface area contributed by atoms with Crippen molar-refractivity contribution in [1.29, 1.82) is 0 Å². The first-order valence-corrected chi connectivity index (χ1v) is 10.3. The van der Waals surface area contributed by atoms with E-state index in [9.17, 15) is 4.79 Å². The highest BCUT2D eigenvalue weighted by molar-refractivity contribution is 7.99. The number of nitrogens with zero attached hydrogens (tertiary/aromatic N) is 1. The van der Waals surface area contributed by atoms with Gasteiger partial charge < -0.3 is 9.84 Å². The number of aromatic nitrogens is 1. The van der Waals surface area contributed by atoms with Crippen molar-refractivity contribution in [3.63, 3.8) is 0 Å². The number of carbonyl (C=O) groups excluding carboxylic acids is 1. The van der Waals surface area contributed by atoms with Crippen molar-refractivity contribution in [2.75, 3.05) is 5.75 Å². The molecule has 0 saturated carbocycles. The van der Waals surface area contributed by atoms with Crippen molar-refractivity contribution in [2.45, 2.75) is 12.3 Å². The number of fused-ring (bicyclic) bond motifs is 1. The Hall–Kier alpha value is -3.05. The maximum atomic E-state index is 12.0. The highest BCUT2D eigenvalue weighted by atomic mass is 32.2. The van der Waals surface area contributed by atoms with Crippen molar-refractivity contribution in [1.82, 2.24) is 10.5 Å². The van der Waals surface area contributed by atoms with E-state index in [0.29, 0.717) is 23.8 Å². The predicted molar refractivity (Wildman–Crippen MR) is 114 cm³/mol. The molecule has 0 aliphatic heterocycles. The van der Waals surface area contributed by atoms with Crippen LogP contribution >= 0.6 is 11.8 Å². The Morgan fingerprint density at radius 2 is 1.71 bits per heavy atom. The number of hydrogen-bond donors (Lipinski definition) is 1. The van der Waals surface area contributed by atoms with Gasteiger partial charge >= 0.3 is 0 Å². The van der Waals surface area contributed by atoms with Gasteiger partial charge in [0, 0.05) is 17.4 Å². The third-order valence-corrected chi connectivity index (χ3v) is 5.41. The monoisotopic (exact) mass is 388 g/mol. The molecule has 4 nitrogen and oxygen atoms in total. The molecule has 1 aromatic heterocycles. The van der Waals surface area contributed by atoms with E-state index in [0.717, 1.165) is 16.7 Å². The summed E-state index contributed by atoms with van der Waals surface area (Å²) >= 11 is 1.60. The minimum Gasteiger partial charge on any atom is -0.356 e. The Kier molecular flexibility index (Phi) is 5.73. The first-order valence-electron chi connectivity index (χ1n) is 9.11. The second-order valence-corrected chi connectivity index (χ2v) is 7.49. The topological polar surface area (TPSA) is 55.1 Å². The van der Waals surface area contributed by atoms with Crippen LogP contribution in [0.5, 0.6) is 0 Å². The molecule has 1 N–H and O–H groups in total. The Labute approximate surface area is 167 Å². The second-order valence-electron chi connectivity index (χ2n) is 6.50. The second kappa shape index (κ2) is 8.76. The first kappa shape index (κ1) is 18.3. The van der Waals surface area contributed by atoms with Crippen LogP contribution in [0.15, 0.2) is 83.4 Å². The van der Waals surface area contributed by atoms with Gasteiger partial charge in [0.2, 0.25) is 5.91 Å². The first-order chi connectivity index (χ1) is 13.8. The van der Waals surface area contributed by atoms with Gasteiger partial charge in [-0.2, -0.15) is 0 Å². The molecule has 0 spiro atoms. The molecule has 0 aliphatic carbocycles. The molecule has 28 heavy (non-hydrogen) atoms. The number of hydrogen-bond acceptors (Lipinski definition) is 4. The molecule has 0 saturated heterocycles. The largest absolute Gasteiger partial charge is 0.356 e. The quantitative estimate of drug-likeness (QED) is 0.482. The van der Waals surface area contributed by atoms with Crippen molar-refractivity contribution in [2.24, 2.45) is 0 Å². The third-order valence-electron chi connectivity index (χ3n) is 4.40. The molecule has 4 rings (SSSR count). The van der Waals surface area contributed by atoms with Gasteiger partial charge in [0.05, 0.1) is 12.3 Å². The van der Waals surface area contributed by atoms with Crippen molar-refractivity contribution in [3.05, 3.63) is 90.1 Å². The SMILES string of the molecule is O=C(CSCc1ccccc1)NCc1cc(-c2ccc3ccccc3c2)on1. The van der Waals surface area contributed by atoms with Crippen LogP contribution < -0.4 is 5.32 Å². The van der Waals surface area contributed by atoms with E-state index in [1.165, 1.54) is 10.9 Å². The lowest BCUT2D eigenvalue weighted by Crippen LogP contribution is -2.24. The zero-order valence-corrected chi connectivity index (χ0v) is 16.1. The van der Waals surface area contributed by atoms with Gasteiger partial charge in [-0.3, -0.25) is 4.79 Å². The number of carbonyl (C=O) groups is 1. The zero-order valence-electron chi connectivity index (χ0n) is 15.3. The average molecular weight is 388 g/mol. The summed E-state index contributed by atoms with van der Waals surface area (Å²) in [5.41, 5.74) is 2.91. The third kappa shape index (κ3) is 4.61. The minimum absolute atomic E-state index is 0.00353. The van der Waals surface area contributed by atoms with Crippen molar-refractivity contribution in [3.8, 4) is 11.3 Å². The molecule has 140 valence electrons. The lowest BCUT2D eigenvalue weighted by Gasteiger charge is -2.03. The Morgan fingerprint density at radius 3 is 2.57 bits per heavy atom. The van der Waals surface area contributed by atoms with Gasteiger partial charge in [0.1, 0.15) is 5.69 Å². The Morgan fingerprint density at radius 1 is 0.929 bits per heavy atom. The van der Waals surface area contributed by atoms with Crippen molar-refractivity contribution < 1.29 is 9.32 Å². The number of amides is 1. The van der Waals surface area contributed by atoms with Gasteiger partial charge in [0.25, 0.3) is 0 Å². The summed E-state index contributed by atoms with van der Waals surface area (Å²) < 4.78 is 5.46. The Balaban J connectivity index is 1.30. The van der Waals surface area contributed by atoms with Crippen molar-refractivity contribution >= 4 is 28.4 Å². The fourth-order valence-electron chi connectivity index (χ4n) is 2.95. The van der Waals surface area contributed by atoms with E-state index in [1.807, 2.05) is 42.5 Å². The minimum atomic E-state index is -0.00353. The summed E-state index contributed by atoms with van der Waals surface area (Å²) in [5.74, 6) is 1.94. The van der Waals surface area contributed by atoms with Gasteiger partial charge in [-0.25, -0.2) is 0 Å². The summed E-state index contributed by atoms with van der Waals surface area (Å²) in [4.78, 5) is 12.0. The number of rotatable bonds is 7. The van der Waals surface area contributed by atoms with Crippen LogP contribution in [0.25, 0.3) is 22.1 Å². The van der Waals surface area contributed by atoms with Crippen LogP contribution in [0.4, 0.5) is 0 Å². The average Bonchev–Trinajstić information content (AvgIpc) is 3.22. The van der Waals surface area contributed by atoms with Crippen LogP contribution in [0.2, 0.25) is 0 Å². The van der Waals surface area contributed by atoms with Crippen LogP contribution in [0, 0.1) is 0 Å². The molecule has 5 heteroatoms.